The number of carbonyl (C=O) groups is 4. The number of hydrogen-bond donors (Lipinski definition) is 4. The van der Waals surface area contributed by atoms with Crippen molar-refractivity contribution in [2.45, 2.75) is 36.8 Å². The minimum absolute atomic E-state index is 0.164. The predicted octanol–water partition coefficient (Wildman–Crippen LogP) is 4.37. The fourth-order valence-electron chi connectivity index (χ4n) is 3.57. The van der Waals surface area contributed by atoms with E-state index in [1.54, 1.807) is 49.4 Å². The van der Waals surface area contributed by atoms with Gasteiger partial charge in [0.1, 0.15) is 0 Å². The number of hydrogen-bond acceptors (Lipinski definition) is 5. The van der Waals surface area contributed by atoms with Crippen LogP contribution in [0, 0.1) is 11.8 Å². The second-order valence-electron chi connectivity index (χ2n) is 8.02. The van der Waals surface area contributed by atoms with Crippen LogP contribution < -0.4 is 16.0 Å². The zero-order valence-corrected chi connectivity index (χ0v) is 19.7. The number of nitrogens with one attached hydrogen (secondary N) is 3. The fraction of sp³-hybridized carbons (Fsp3) is 0.280. The van der Waals surface area contributed by atoms with Gasteiger partial charge >= 0.3 is 5.97 Å². The maximum atomic E-state index is 12.6. The molecule has 0 fully saturated rings. The molecule has 2 aromatic rings. The molecule has 2 aromatic carbocycles. The van der Waals surface area contributed by atoms with Crippen LogP contribution in [0.15, 0.2) is 65.6 Å². The lowest BCUT2D eigenvalue weighted by atomic mass is 9.82. The highest BCUT2D eigenvalue weighted by Crippen LogP contribution is 2.29. The van der Waals surface area contributed by atoms with Gasteiger partial charge in [-0.2, -0.15) is 0 Å². The summed E-state index contributed by atoms with van der Waals surface area (Å²) in [4.78, 5) is 48.5. The van der Waals surface area contributed by atoms with Gasteiger partial charge in [0.05, 0.1) is 17.1 Å². The van der Waals surface area contributed by atoms with Gasteiger partial charge in [-0.1, -0.05) is 12.2 Å². The minimum Gasteiger partial charge on any atom is -0.481 e. The van der Waals surface area contributed by atoms with Crippen molar-refractivity contribution in [3.05, 3.63) is 60.7 Å². The maximum Gasteiger partial charge on any atom is 0.307 e. The van der Waals surface area contributed by atoms with E-state index >= 15 is 0 Å². The van der Waals surface area contributed by atoms with Crippen LogP contribution in [-0.4, -0.2) is 34.0 Å². The van der Waals surface area contributed by atoms with E-state index in [9.17, 15) is 24.3 Å². The highest BCUT2D eigenvalue weighted by molar-refractivity contribution is 8.00. The Bertz CT molecular complexity index is 1080. The normalized spacial score (nSPS) is 17.9. The van der Waals surface area contributed by atoms with Crippen molar-refractivity contribution in [1.82, 2.24) is 0 Å². The summed E-state index contributed by atoms with van der Waals surface area (Å²) >= 11 is 1.37. The molecule has 3 amide bonds. The third kappa shape index (κ3) is 6.95. The lowest BCUT2D eigenvalue weighted by Crippen LogP contribution is -2.34. The van der Waals surface area contributed by atoms with Gasteiger partial charge in [0.25, 0.3) is 0 Å². The summed E-state index contributed by atoms with van der Waals surface area (Å²) in [5.41, 5.74) is 1.85. The number of rotatable bonds is 8. The minimum atomic E-state index is -0.966. The topological polar surface area (TPSA) is 125 Å². The zero-order chi connectivity index (χ0) is 24.7. The molecular formula is C25H27N3O5S. The van der Waals surface area contributed by atoms with Crippen molar-refractivity contribution in [3.8, 4) is 0 Å². The van der Waals surface area contributed by atoms with Gasteiger partial charge in [-0.05, 0) is 68.3 Å². The summed E-state index contributed by atoms with van der Waals surface area (Å²) in [6.07, 6.45) is 4.39. The molecule has 0 radical (unpaired) electrons. The first-order valence-electron chi connectivity index (χ1n) is 10.9. The molecule has 34 heavy (non-hydrogen) atoms. The Kier molecular flexibility index (Phi) is 8.48. The van der Waals surface area contributed by atoms with E-state index in [-0.39, 0.29) is 23.0 Å². The lowest BCUT2D eigenvalue weighted by molar-refractivity contribution is -0.146. The van der Waals surface area contributed by atoms with E-state index in [0.29, 0.717) is 29.9 Å². The molecule has 3 unspecified atom stereocenters. The van der Waals surface area contributed by atoms with Gasteiger partial charge in [0, 0.05) is 28.9 Å². The molecule has 0 saturated heterocycles. The molecule has 1 aliphatic carbocycles. The van der Waals surface area contributed by atoms with Gasteiger partial charge < -0.3 is 21.1 Å². The summed E-state index contributed by atoms with van der Waals surface area (Å²) in [7, 11) is 0. The first-order valence-corrected chi connectivity index (χ1v) is 11.7. The van der Waals surface area contributed by atoms with Crippen LogP contribution in [0.4, 0.5) is 17.1 Å². The molecule has 4 N–H and O–H groups in total. The number of carbonyl (C=O) groups excluding carboxylic acids is 3. The van der Waals surface area contributed by atoms with Crippen LogP contribution in [0.2, 0.25) is 0 Å². The van der Waals surface area contributed by atoms with Gasteiger partial charge in [0.2, 0.25) is 17.7 Å². The molecule has 1 aliphatic rings. The Morgan fingerprint density at radius 1 is 0.824 bits per heavy atom. The van der Waals surface area contributed by atoms with Crippen molar-refractivity contribution >= 4 is 52.5 Å². The number of allylic oxidation sites excluding steroid dienone is 2. The lowest BCUT2D eigenvalue weighted by Gasteiger charge is -2.24. The molecule has 0 bridgehead atoms. The number of carboxylic acids is 1. The van der Waals surface area contributed by atoms with Crippen LogP contribution in [0.25, 0.3) is 0 Å². The van der Waals surface area contributed by atoms with Crippen LogP contribution in [0.1, 0.15) is 26.7 Å². The molecule has 0 heterocycles. The van der Waals surface area contributed by atoms with Crippen LogP contribution in [-0.2, 0) is 19.2 Å². The average Bonchev–Trinajstić information content (AvgIpc) is 2.81. The summed E-state index contributed by atoms with van der Waals surface area (Å²) in [5.74, 6) is -2.93. The molecular weight excluding hydrogens is 454 g/mol. The molecule has 0 saturated carbocycles. The van der Waals surface area contributed by atoms with E-state index in [4.69, 9.17) is 0 Å². The first kappa shape index (κ1) is 25.0. The van der Waals surface area contributed by atoms with Gasteiger partial charge in [-0.15, -0.1) is 11.8 Å². The standard InChI is InChI=1S/C25H27N3O5S/c1-15(23(30)27-18-9-7-17(8-10-18)26-16(2)29)34-20-13-11-19(12-14-20)28-24(31)21-5-3-4-6-22(21)25(32)33/h3-4,7-15,21-22H,5-6H2,1-2H3,(H,26,29)(H,27,30)(H,28,31)(H,32,33). The Hall–Kier alpha value is -3.59. The van der Waals surface area contributed by atoms with Crippen LogP contribution in [0.5, 0.6) is 0 Å². The van der Waals surface area contributed by atoms with Gasteiger partial charge in [-0.25, -0.2) is 0 Å². The summed E-state index contributed by atoms with van der Waals surface area (Å²) < 4.78 is 0. The largest absolute Gasteiger partial charge is 0.481 e. The maximum absolute atomic E-state index is 12.6. The Morgan fingerprint density at radius 2 is 1.32 bits per heavy atom. The van der Waals surface area contributed by atoms with Gasteiger partial charge in [0.15, 0.2) is 0 Å². The van der Waals surface area contributed by atoms with Crippen molar-refractivity contribution in [1.29, 1.82) is 0 Å². The number of benzene rings is 2. The molecule has 0 aliphatic heterocycles. The summed E-state index contributed by atoms with van der Waals surface area (Å²) in [5, 5.41) is 17.3. The molecule has 0 spiro atoms. The highest BCUT2D eigenvalue weighted by atomic mass is 32.2. The predicted molar refractivity (Wildman–Crippen MR) is 133 cm³/mol. The van der Waals surface area contributed by atoms with E-state index in [1.807, 2.05) is 18.2 Å². The molecule has 3 atom stereocenters. The van der Waals surface area contributed by atoms with Crippen molar-refractivity contribution < 1.29 is 24.3 Å². The molecule has 178 valence electrons. The van der Waals surface area contributed by atoms with Crippen molar-refractivity contribution in [2.24, 2.45) is 11.8 Å². The summed E-state index contributed by atoms with van der Waals surface area (Å²) in [6, 6.07) is 13.9. The van der Waals surface area contributed by atoms with Crippen LogP contribution in [0.3, 0.4) is 0 Å². The van der Waals surface area contributed by atoms with E-state index in [2.05, 4.69) is 16.0 Å². The third-order valence-corrected chi connectivity index (χ3v) is 6.48. The molecule has 0 aromatic heterocycles. The van der Waals surface area contributed by atoms with Crippen molar-refractivity contribution in [2.75, 3.05) is 16.0 Å². The monoisotopic (exact) mass is 481 g/mol. The number of thioether (sulfide) groups is 1. The SMILES string of the molecule is CC(=O)Nc1ccc(NC(=O)C(C)Sc2ccc(NC(=O)C3CC=CCC3C(=O)O)cc2)cc1. The molecule has 3 rings (SSSR count). The molecule has 8 nitrogen and oxygen atoms in total. The number of aliphatic carboxylic acids is 1. The second-order valence-corrected chi connectivity index (χ2v) is 9.43. The smallest absolute Gasteiger partial charge is 0.307 e. The highest BCUT2D eigenvalue weighted by Gasteiger charge is 2.33. The van der Waals surface area contributed by atoms with Gasteiger partial charge in [-0.3, -0.25) is 19.2 Å². The zero-order valence-electron chi connectivity index (χ0n) is 18.9. The Morgan fingerprint density at radius 3 is 1.88 bits per heavy atom. The van der Waals surface area contributed by atoms with E-state index in [0.717, 1.165) is 4.90 Å². The van der Waals surface area contributed by atoms with E-state index in [1.165, 1.54) is 18.7 Å². The van der Waals surface area contributed by atoms with Crippen LogP contribution >= 0.6 is 11.8 Å². The summed E-state index contributed by atoms with van der Waals surface area (Å²) in [6.45, 7) is 3.22. The Balaban J connectivity index is 1.52. The number of anilines is 3. The molecule has 9 heteroatoms. The first-order chi connectivity index (χ1) is 16.2. The van der Waals surface area contributed by atoms with E-state index < -0.39 is 17.8 Å². The Labute approximate surface area is 202 Å². The average molecular weight is 482 g/mol. The number of carboxylic acid groups (broad SMARTS) is 1. The second kappa shape index (κ2) is 11.5. The fourth-order valence-corrected chi connectivity index (χ4v) is 4.44. The number of amides is 3. The third-order valence-electron chi connectivity index (χ3n) is 5.36. The quantitative estimate of drug-likeness (QED) is 0.328. The van der Waals surface area contributed by atoms with Crippen molar-refractivity contribution in [3.63, 3.8) is 0 Å².